The van der Waals surface area contributed by atoms with E-state index >= 15 is 0 Å². The van der Waals surface area contributed by atoms with E-state index in [9.17, 15) is 4.39 Å². The molecule has 2 N–H and O–H groups in total. The Labute approximate surface area is 86.7 Å². The Kier molecular flexibility index (Phi) is 2.67. The highest BCUT2D eigenvalue weighted by Crippen LogP contribution is 2.10. The molecule has 0 fully saturated rings. The highest BCUT2D eigenvalue weighted by Gasteiger charge is 2.01. The monoisotopic (exact) mass is 206 g/mol. The van der Waals surface area contributed by atoms with Crippen molar-refractivity contribution in [1.82, 2.24) is 4.98 Å². The van der Waals surface area contributed by atoms with Crippen molar-refractivity contribution in [2.45, 2.75) is 12.8 Å². The number of benzene rings is 1. The molecule has 78 valence electrons. The van der Waals surface area contributed by atoms with E-state index in [0.29, 0.717) is 0 Å². The van der Waals surface area contributed by atoms with Crippen LogP contribution < -0.4 is 5.73 Å². The minimum Gasteiger partial charge on any atom is -0.429 e. The summed E-state index contributed by atoms with van der Waals surface area (Å²) < 4.78 is 17.7. The maximum atomic E-state index is 12.6. The van der Waals surface area contributed by atoms with Crippen molar-refractivity contribution in [3.8, 4) is 0 Å². The lowest BCUT2D eigenvalue weighted by Gasteiger charge is -1.98. The third-order valence-electron chi connectivity index (χ3n) is 2.14. The lowest BCUT2D eigenvalue weighted by molar-refractivity contribution is 0.521. The molecule has 0 saturated heterocycles. The molecule has 0 atom stereocenters. The molecule has 0 bridgehead atoms. The minimum atomic E-state index is -0.220. The molecule has 0 saturated carbocycles. The van der Waals surface area contributed by atoms with Crippen LogP contribution in [0.5, 0.6) is 0 Å². The van der Waals surface area contributed by atoms with Crippen LogP contribution in [0.1, 0.15) is 11.3 Å². The van der Waals surface area contributed by atoms with Crippen LogP contribution in [0.3, 0.4) is 0 Å². The van der Waals surface area contributed by atoms with Crippen molar-refractivity contribution in [1.29, 1.82) is 0 Å². The van der Waals surface area contributed by atoms with Gasteiger partial charge in [-0.05, 0) is 24.1 Å². The fourth-order valence-electron chi connectivity index (χ4n) is 1.36. The van der Waals surface area contributed by atoms with Crippen molar-refractivity contribution >= 4 is 6.01 Å². The molecular formula is C11H11FN2O. The van der Waals surface area contributed by atoms with Crippen LogP contribution in [-0.4, -0.2) is 4.98 Å². The lowest BCUT2D eigenvalue weighted by Crippen LogP contribution is -1.89. The van der Waals surface area contributed by atoms with Gasteiger partial charge in [0, 0.05) is 6.42 Å². The van der Waals surface area contributed by atoms with Gasteiger partial charge >= 0.3 is 0 Å². The molecule has 3 nitrogen and oxygen atoms in total. The van der Waals surface area contributed by atoms with Crippen LogP contribution in [0.2, 0.25) is 0 Å². The molecule has 2 rings (SSSR count). The van der Waals surface area contributed by atoms with Gasteiger partial charge in [-0.25, -0.2) is 9.37 Å². The average molecular weight is 206 g/mol. The second kappa shape index (κ2) is 4.13. The standard InChI is InChI=1S/C11H11FN2O/c12-9-4-1-8(2-5-9)3-6-10-7-14-11(13)15-10/h1-2,4-5,7H,3,6H2,(H2,13,14). The molecule has 2 aromatic rings. The molecule has 1 aromatic carbocycles. The Morgan fingerprint density at radius 3 is 2.53 bits per heavy atom. The van der Waals surface area contributed by atoms with E-state index in [0.717, 1.165) is 24.2 Å². The topological polar surface area (TPSA) is 52.0 Å². The van der Waals surface area contributed by atoms with Crippen molar-refractivity contribution in [2.24, 2.45) is 0 Å². The molecule has 0 aliphatic rings. The van der Waals surface area contributed by atoms with E-state index in [1.165, 1.54) is 12.1 Å². The van der Waals surface area contributed by atoms with E-state index in [-0.39, 0.29) is 11.8 Å². The number of aromatic nitrogens is 1. The van der Waals surface area contributed by atoms with E-state index in [1.54, 1.807) is 18.3 Å². The number of oxazole rings is 1. The van der Waals surface area contributed by atoms with Gasteiger partial charge in [0.05, 0.1) is 6.20 Å². The maximum absolute atomic E-state index is 12.6. The fourth-order valence-corrected chi connectivity index (χ4v) is 1.36. The summed E-state index contributed by atoms with van der Waals surface area (Å²) in [5, 5.41) is 0. The molecule has 0 aliphatic heterocycles. The summed E-state index contributed by atoms with van der Waals surface area (Å²) in [6, 6.07) is 6.60. The number of hydrogen-bond acceptors (Lipinski definition) is 3. The first-order valence-electron chi connectivity index (χ1n) is 4.68. The Morgan fingerprint density at radius 2 is 1.93 bits per heavy atom. The van der Waals surface area contributed by atoms with Crippen LogP contribution in [-0.2, 0) is 12.8 Å². The number of aryl methyl sites for hydroxylation is 2. The summed E-state index contributed by atoms with van der Waals surface area (Å²) in [6.45, 7) is 0. The summed E-state index contributed by atoms with van der Waals surface area (Å²) >= 11 is 0. The van der Waals surface area contributed by atoms with Crippen LogP contribution >= 0.6 is 0 Å². The van der Waals surface area contributed by atoms with Crippen molar-refractivity contribution in [2.75, 3.05) is 5.73 Å². The highest BCUT2D eigenvalue weighted by atomic mass is 19.1. The van der Waals surface area contributed by atoms with Gasteiger partial charge in [0.1, 0.15) is 11.6 Å². The van der Waals surface area contributed by atoms with Gasteiger partial charge in [-0.2, -0.15) is 0 Å². The average Bonchev–Trinajstić information content (AvgIpc) is 2.64. The molecule has 0 radical (unpaired) electrons. The van der Waals surface area contributed by atoms with Gasteiger partial charge in [-0.1, -0.05) is 12.1 Å². The summed E-state index contributed by atoms with van der Waals surface area (Å²) in [5.41, 5.74) is 6.40. The van der Waals surface area contributed by atoms with Crippen molar-refractivity contribution in [3.05, 3.63) is 47.6 Å². The summed E-state index contributed by atoms with van der Waals surface area (Å²) in [5.74, 6) is 0.527. The first kappa shape index (κ1) is 9.71. The third kappa shape index (κ3) is 2.56. The Morgan fingerprint density at radius 1 is 1.20 bits per heavy atom. The number of nitrogen functional groups attached to an aromatic ring is 1. The predicted octanol–water partition coefficient (Wildman–Crippen LogP) is 2.18. The molecule has 0 unspecified atom stereocenters. The van der Waals surface area contributed by atoms with Gasteiger partial charge in [0.15, 0.2) is 0 Å². The Bertz CT molecular complexity index is 436. The number of anilines is 1. The van der Waals surface area contributed by atoms with Gasteiger partial charge in [-0.15, -0.1) is 0 Å². The van der Waals surface area contributed by atoms with E-state index in [1.807, 2.05) is 0 Å². The Hall–Kier alpha value is -1.84. The van der Waals surface area contributed by atoms with Crippen LogP contribution in [0.25, 0.3) is 0 Å². The summed E-state index contributed by atoms with van der Waals surface area (Å²) in [6.07, 6.45) is 3.11. The molecular weight excluding hydrogens is 195 g/mol. The molecule has 15 heavy (non-hydrogen) atoms. The Balaban J connectivity index is 1.96. The van der Waals surface area contributed by atoms with E-state index in [4.69, 9.17) is 10.2 Å². The first-order chi connectivity index (χ1) is 7.24. The van der Waals surface area contributed by atoms with Gasteiger partial charge in [0.25, 0.3) is 6.01 Å². The highest BCUT2D eigenvalue weighted by molar-refractivity contribution is 5.18. The molecule has 1 heterocycles. The zero-order valence-corrected chi connectivity index (χ0v) is 8.11. The molecule has 0 amide bonds. The van der Waals surface area contributed by atoms with Crippen molar-refractivity contribution in [3.63, 3.8) is 0 Å². The molecule has 0 aliphatic carbocycles. The van der Waals surface area contributed by atoms with Crippen LogP contribution in [0.4, 0.5) is 10.4 Å². The van der Waals surface area contributed by atoms with Gasteiger partial charge < -0.3 is 10.2 Å². The third-order valence-corrected chi connectivity index (χ3v) is 2.14. The summed E-state index contributed by atoms with van der Waals surface area (Å²) in [4.78, 5) is 3.79. The molecule has 0 spiro atoms. The largest absolute Gasteiger partial charge is 0.429 e. The van der Waals surface area contributed by atoms with E-state index < -0.39 is 0 Å². The number of nitrogens with two attached hydrogens (primary N) is 1. The van der Waals surface area contributed by atoms with Crippen molar-refractivity contribution < 1.29 is 8.81 Å². The number of nitrogens with zero attached hydrogens (tertiary/aromatic N) is 1. The fraction of sp³-hybridized carbons (Fsp3) is 0.182. The number of rotatable bonds is 3. The quantitative estimate of drug-likeness (QED) is 0.837. The van der Waals surface area contributed by atoms with Crippen LogP contribution in [0, 0.1) is 5.82 Å². The SMILES string of the molecule is Nc1ncc(CCc2ccc(F)cc2)o1. The van der Waals surface area contributed by atoms with Gasteiger partial charge in [0.2, 0.25) is 0 Å². The summed E-state index contributed by atoms with van der Waals surface area (Å²) in [7, 11) is 0. The minimum absolute atomic E-state index is 0.184. The van der Waals surface area contributed by atoms with Crippen LogP contribution in [0.15, 0.2) is 34.9 Å². The molecule has 1 aromatic heterocycles. The number of halogens is 1. The first-order valence-corrected chi connectivity index (χ1v) is 4.68. The van der Waals surface area contributed by atoms with Gasteiger partial charge in [-0.3, -0.25) is 0 Å². The second-order valence-corrected chi connectivity index (χ2v) is 3.29. The zero-order valence-electron chi connectivity index (χ0n) is 8.11. The predicted molar refractivity (Wildman–Crippen MR) is 54.7 cm³/mol. The maximum Gasteiger partial charge on any atom is 0.292 e. The zero-order chi connectivity index (χ0) is 10.7. The normalized spacial score (nSPS) is 10.5. The molecule has 4 heteroatoms. The lowest BCUT2D eigenvalue weighted by atomic mass is 10.1. The second-order valence-electron chi connectivity index (χ2n) is 3.29. The smallest absolute Gasteiger partial charge is 0.292 e. The number of hydrogen-bond donors (Lipinski definition) is 1. The van der Waals surface area contributed by atoms with E-state index in [2.05, 4.69) is 4.98 Å².